The number of piperazine rings is 1. The van der Waals surface area contributed by atoms with Crippen molar-refractivity contribution < 1.29 is 14.6 Å². The molecular weight excluding hydrogens is 356 g/mol. The quantitative estimate of drug-likeness (QED) is 0.687. The molecule has 1 saturated heterocycles. The van der Waals surface area contributed by atoms with Crippen molar-refractivity contribution in [3.63, 3.8) is 0 Å². The smallest absolute Gasteiger partial charge is 0.281 e. The second-order valence-corrected chi connectivity index (χ2v) is 9.21. The van der Waals surface area contributed by atoms with Crippen LogP contribution in [0.15, 0.2) is 30.3 Å². The number of aryl methyl sites for hydroxylation is 1. The van der Waals surface area contributed by atoms with Crippen molar-refractivity contribution in [1.82, 2.24) is 4.98 Å². The van der Waals surface area contributed by atoms with E-state index >= 15 is 0 Å². The van der Waals surface area contributed by atoms with Crippen molar-refractivity contribution in [2.45, 2.75) is 32.7 Å². The normalized spacial score (nSPS) is 25.0. The molecule has 0 unspecified atom stereocenters. The van der Waals surface area contributed by atoms with Gasteiger partial charge in [0.1, 0.15) is 32.7 Å². The lowest BCUT2D eigenvalue weighted by Crippen LogP contribution is -3.28. The molecule has 1 fully saturated rings. The number of nitrogens with one attached hydrogen (secondary N) is 3. The van der Waals surface area contributed by atoms with E-state index < -0.39 is 0 Å². The Morgan fingerprint density at radius 2 is 1.93 bits per heavy atom. The fourth-order valence-electron chi connectivity index (χ4n) is 4.18. The number of aromatic nitrogens is 1. The molecule has 27 heavy (non-hydrogen) atoms. The van der Waals surface area contributed by atoms with Gasteiger partial charge in [0.25, 0.3) is 5.91 Å². The fourth-order valence-corrected chi connectivity index (χ4v) is 5.37. The average molecular weight is 387 g/mol. The zero-order valence-electron chi connectivity index (χ0n) is 16.1. The van der Waals surface area contributed by atoms with Gasteiger partial charge in [-0.3, -0.25) is 10.1 Å². The Hall–Kier alpha value is -1.76. The van der Waals surface area contributed by atoms with E-state index in [9.17, 15) is 4.79 Å². The number of hydrogen-bond donors (Lipinski definition) is 3. The van der Waals surface area contributed by atoms with Crippen LogP contribution in [0.25, 0.3) is 0 Å². The van der Waals surface area contributed by atoms with E-state index in [-0.39, 0.29) is 5.91 Å². The highest BCUT2D eigenvalue weighted by atomic mass is 32.1. The molecule has 2 aliphatic rings. The molecule has 1 aliphatic heterocycles. The molecule has 4 rings (SSSR count). The molecule has 0 saturated carbocycles. The number of amides is 1. The summed E-state index contributed by atoms with van der Waals surface area (Å²) >= 11 is 1.67. The van der Waals surface area contributed by atoms with Crippen molar-refractivity contribution in [2.75, 3.05) is 38.0 Å². The molecular formula is C21H30N4OS+2. The van der Waals surface area contributed by atoms with Gasteiger partial charge < -0.3 is 9.80 Å². The van der Waals surface area contributed by atoms with E-state index in [1.807, 2.05) is 0 Å². The highest BCUT2D eigenvalue weighted by Gasteiger charge is 2.26. The molecule has 2 heterocycles. The monoisotopic (exact) mass is 386 g/mol. The number of carbonyl (C=O) groups excluding carboxylic acids is 1. The van der Waals surface area contributed by atoms with Gasteiger partial charge >= 0.3 is 0 Å². The third-order valence-corrected chi connectivity index (χ3v) is 6.84. The van der Waals surface area contributed by atoms with Crippen LogP contribution in [0.5, 0.6) is 0 Å². The number of anilines is 1. The topological polar surface area (TPSA) is 50.9 Å². The first-order valence-corrected chi connectivity index (χ1v) is 11.0. The van der Waals surface area contributed by atoms with Crippen molar-refractivity contribution >= 4 is 22.4 Å². The third kappa shape index (κ3) is 4.94. The Bertz CT molecular complexity index is 768. The molecule has 2 aromatic rings. The summed E-state index contributed by atoms with van der Waals surface area (Å²) in [5, 5.41) is 3.85. The molecule has 6 heteroatoms. The van der Waals surface area contributed by atoms with Crippen LogP contribution >= 0.6 is 11.3 Å². The summed E-state index contributed by atoms with van der Waals surface area (Å²) in [6.45, 7) is 8.30. The largest absolute Gasteiger partial charge is 0.322 e. The molecule has 0 radical (unpaired) electrons. The van der Waals surface area contributed by atoms with Gasteiger partial charge in [-0.2, -0.15) is 0 Å². The number of rotatable bonds is 5. The molecule has 1 aromatic carbocycles. The highest BCUT2D eigenvalue weighted by Crippen LogP contribution is 2.31. The van der Waals surface area contributed by atoms with Gasteiger partial charge in [-0.15, -0.1) is 11.3 Å². The molecule has 144 valence electrons. The zero-order chi connectivity index (χ0) is 18.6. The molecule has 3 N–H and O–H groups in total. The Kier molecular flexibility index (Phi) is 5.86. The van der Waals surface area contributed by atoms with Crippen LogP contribution in [0.3, 0.4) is 0 Å². The minimum absolute atomic E-state index is 0.107. The number of thiazole rings is 1. The predicted molar refractivity (Wildman–Crippen MR) is 108 cm³/mol. The predicted octanol–water partition coefficient (Wildman–Crippen LogP) is 0.190. The van der Waals surface area contributed by atoms with Crippen molar-refractivity contribution in [3.8, 4) is 0 Å². The summed E-state index contributed by atoms with van der Waals surface area (Å²) in [4.78, 5) is 21.5. The lowest BCUT2D eigenvalue weighted by atomic mass is 9.93. The highest BCUT2D eigenvalue weighted by molar-refractivity contribution is 7.15. The van der Waals surface area contributed by atoms with Crippen LogP contribution in [0, 0.1) is 5.92 Å². The van der Waals surface area contributed by atoms with Crippen LogP contribution in [0.4, 0.5) is 5.13 Å². The van der Waals surface area contributed by atoms with E-state index in [2.05, 4.69) is 47.6 Å². The Labute approximate surface area is 165 Å². The van der Waals surface area contributed by atoms with Gasteiger partial charge in [-0.1, -0.05) is 37.3 Å². The van der Waals surface area contributed by atoms with E-state index in [1.165, 1.54) is 27.5 Å². The second kappa shape index (κ2) is 8.50. The Morgan fingerprint density at radius 3 is 2.70 bits per heavy atom. The first-order valence-electron chi connectivity index (χ1n) is 10.1. The maximum Gasteiger partial charge on any atom is 0.281 e. The average Bonchev–Trinajstić information content (AvgIpc) is 3.05. The second-order valence-electron chi connectivity index (χ2n) is 8.12. The third-order valence-electron chi connectivity index (χ3n) is 5.80. The van der Waals surface area contributed by atoms with Crippen molar-refractivity contribution in [3.05, 3.63) is 46.5 Å². The standard InChI is InChI=1S/C21H28N4OS/c1-16-7-8-18-19(13-16)27-21(22-18)23-20(26)15-25-11-9-24(10-12-25)14-17-5-3-2-4-6-17/h2-6,16H,7-15H2,1H3,(H,22,23,26)/p+2/t16-/m0/s1. The van der Waals surface area contributed by atoms with Gasteiger partial charge in [-0.25, -0.2) is 4.98 Å². The van der Waals surface area contributed by atoms with Crippen molar-refractivity contribution in [1.29, 1.82) is 0 Å². The fraction of sp³-hybridized carbons (Fsp3) is 0.524. The van der Waals surface area contributed by atoms with Gasteiger partial charge in [0.15, 0.2) is 11.7 Å². The summed E-state index contributed by atoms with van der Waals surface area (Å²) in [5.74, 6) is 0.844. The molecule has 0 bridgehead atoms. The minimum Gasteiger partial charge on any atom is -0.322 e. The molecule has 1 atom stereocenters. The van der Waals surface area contributed by atoms with E-state index in [0.717, 1.165) is 56.6 Å². The molecule has 1 aliphatic carbocycles. The number of quaternary nitrogens is 2. The van der Waals surface area contributed by atoms with E-state index in [1.54, 1.807) is 16.2 Å². The zero-order valence-corrected chi connectivity index (χ0v) is 16.9. The van der Waals surface area contributed by atoms with Gasteiger partial charge in [0.05, 0.1) is 5.69 Å². The summed E-state index contributed by atoms with van der Waals surface area (Å²) in [6.07, 6.45) is 3.38. The number of fused-ring (bicyclic) bond motifs is 1. The first-order chi connectivity index (χ1) is 13.2. The molecule has 0 spiro atoms. The number of carbonyl (C=O) groups is 1. The number of hydrogen-bond acceptors (Lipinski definition) is 3. The van der Waals surface area contributed by atoms with Gasteiger partial charge in [0, 0.05) is 10.4 Å². The van der Waals surface area contributed by atoms with E-state index in [4.69, 9.17) is 0 Å². The Balaban J connectivity index is 1.23. The van der Waals surface area contributed by atoms with Crippen LogP contribution in [-0.4, -0.2) is 43.6 Å². The van der Waals surface area contributed by atoms with E-state index in [0.29, 0.717) is 6.54 Å². The SMILES string of the molecule is C[C@H]1CCc2nc(NC(=O)C[NH+]3CC[NH+](Cc4ccccc4)CC3)sc2C1. The van der Waals surface area contributed by atoms with Crippen LogP contribution < -0.4 is 15.1 Å². The summed E-state index contributed by atoms with van der Waals surface area (Å²) in [6, 6.07) is 10.7. The maximum atomic E-state index is 12.5. The lowest BCUT2D eigenvalue weighted by Gasteiger charge is -2.29. The Morgan fingerprint density at radius 1 is 1.19 bits per heavy atom. The van der Waals surface area contributed by atoms with Crippen molar-refractivity contribution in [2.24, 2.45) is 5.92 Å². The van der Waals surface area contributed by atoms with Gasteiger partial charge in [0.2, 0.25) is 0 Å². The minimum atomic E-state index is 0.107. The van der Waals surface area contributed by atoms with Crippen LogP contribution in [-0.2, 0) is 24.2 Å². The molecule has 1 aromatic heterocycles. The summed E-state index contributed by atoms with van der Waals surface area (Å²) in [7, 11) is 0. The van der Waals surface area contributed by atoms with Crippen LogP contribution in [0.2, 0.25) is 0 Å². The summed E-state index contributed by atoms with van der Waals surface area (Å²) < 4.78 is 0. The lowest BCUT2D eigenvalue weighted by molar-refractivity contribution is -1.02. The first kappa shape index (κ1) is 18.6. The molecule has 5 nitrogen and oxygen atoms in total. The maximum absolute atomic E-state index is 12.5. The number of benzene rings is 1. The van der Waals surface area contributed by atoms with Crippen LogP contribution in [0.1, 0.15) is 29.5 Å². The molecule has 1 amide bonds. The summed E-state index contributed by atoms with van der Waals surface area (Å²) in [5.41, 5.74) is 2.61. The van der Waals surface area contributed by atoms with Gasteiger partial charge in [-0.05, 0) is 25.2 Å². The number of nitrogens with zero attached hydrogens (tertiary/aromatic N) is 1.